The fraction of sp³-hybridized carbons (Fsp3) is 0.190. The molecule has 0 N–H and O–H groups in total. The Labute approximate surface area is 166 Å². The maximum atomic E-state index is 13.2. The average Bonchev–Trinajstić information content (AvgIpc) is 2.64. The van der Waals surface area contributed by atoms with Gasteiger partial charge in [-0.05, 0) is 80.9 Å². The summed E-state index contributed by atoms with van der Waals surface area (Å²) in [6.45, 7) is 5.86. The predicted molar refractivity (Wildman–Crippen MR) is 108 cm³/mol. The number of hydrogen-bond donors (Lipinski definition) is 0. The fourth-order valence-electron chi connectivity index (χ4n) is 2.98. The third-order valence-corrected chi connectivity index (χ3v) is 4.98. The van der Waals surface area contributed by atoms with Crippen LogP contribution in [0, 0.1) is 19.7 Å². The molecule has 1 heterocycles. The van der Waals surface area contributed by atoms with Crippen LogP contribution in [0.1, 0.15) is 18.3 Å². The molecule has 2 aromatic carbocycles. The SMILES string of the molecule is CCN(c1ccc(Oc2ccc(F)cc2)c(-c2cc(C)nc(C)c2)c1)S(=O)[O-]. The lowest BCUT2D eigenvalue weighted by molar-refractivity contribution is 0.482. The first-order chi connectivity index (χ1) is 13.4. The van der Waals surface area contributed by atoms with Gasteiger partial charge < -0.3 is 13.6 Å². The van der Waals surface area contributed by atoms with Crippen molar-refractivity contribution < 1.29 is 17.9 Å². The number of pyridine rings is 1. The highest BCUT2D eigenvalue weighted by atomic mass is 32.2. The summed E-state index contributed by atoms with van der Waals surface area (Å²) < 4.78 is 43.5. The van der Waals surface area contributed by atoms with Gasteiger partial charge in [0.2, 0.25) is 0 Å². The van der Waals surface area contributed by atoms with E-state index in [4.69, 9.17) is 4.74 Å². The number of halogens is 1. The van der Waals surface area contributed by atoms with Crippen molar-refractivity contribution in [2.45, 2.75) is 20.8 Å². The first-order valence-electron chi connectivity index (χ1n) is 8.77. The van der Waals surface area contributed by atoms with Crippen molar-refractivity contribution in [3.8, 4) is 22.6 Å². The fourth-order valence-corrected chi connectivity index (χ4v) is 3.48. The van der Waals surface area contributed by atoms with Gasteiger partial charge >= 0.3 is 0 Å². The summed E-state index contributed by atoms with van der Waals surface area (Å²) in [5.74, 6) is 0.672. The van der Waals surface area contributed by atoms with Gasteiger partial charge in [-0.15, -0.1) is 0 Å². The second kappa shape index (κ2) is 8.50. The second-order valence-electron chi connectivity index (χ2n) is 6.29. The van der Waals surface area contributed by atoms with E-state index >= 15 is 0 Å². The maximum absolute atomic E-state index is 13.2. The lowest BCUT2D eigenvalue weighted by atomic mass is 10.0. The van der Waals surface area contributed by atoms with Crippen molar-refractivity contribution in [1.82, 2.24) is 4.98 Å². The minimum absolute atomic E-state index is 0.308. The molecule has 0 saturated carbocycles. The van der Waals surface area contributed by atoms with Crippen molar-refractivity contribution >= 4 is 17.0 Å². The van der Waals surface area contributed by atoms with Crippen LogP contribution in [-0.2, 0) is 11.3 Å². The lowest BCUT2D eigenvalue weighted by Crippen LogP contribution is -2.24. The van der Waals surface area contributed by atoms with Crippen LogP contribution in [0.5, 0.6) is 11.5 Å². The Bertz CT molecular complexity index is 989. The number of rotatable bonds is 6. The highest BCUT2D eigenvalue weighted by Gasteiger charge is 2.14. The van der Waals surface area contributed by atoms with Crippen molar-refractivity contribution in [3.05, 3.63) is 71.8 Å². The van der Waals surface area contributed by atoms with Crippen molar-refractivity contribution in [3.63, 3.8) is 0 Å². The van der Waals surface area contributed by atoms with Crippen LogP contribution >= 0.6 is 0 Å². The molecule has 0 saturated heterocycles. The van der Waals surface area contributed by atoms with Gasteiger partial charge in [0.1, 0.15) is 17.3 Å². The van der Waals surface area contributed by atoms with Crippen LogP contribution in [0.2, 0.25) is 0 Å². The number of benzene rings is 2. The quantitative estimate of drug-likeness (QED) is 0.552. The number of aromatic nitrogens is 1. The Morgan fingerprint density at radius 3 is 2.29 bits per heavy atom. The molecule has 3 rings (SSSR count). The molecule has 0 amide bonds. The predicted octanol–water partition coefficient (Wildman–Crippen LogP) is 4.92. The molecular weight excluding hydrogens is 379 g/mol. The number of nitrogens with zero attached hydrogens (tertiary/aromatic N) is 2. The van der Waals surface area contributed by atoms with E-state index in [9.17, 15) is 13.2 Å². The first kappa shape index (κ1) is 20.0. The molecular formula is C21H20FN2O3S-. The van der Waals surface area contributed by atoms with Crippen LogP contribution in [0.3, 0.4) is 0 Å². The molecule has 0 bridgehead atoms. The molecule has 7 heteroatoms. The summed E-state index contributed by atoms with van der Waals surface area (Å²) >= 11 is -2.39. The molecule has 5 nitrogen and oxygen atoms in total. The van der Waals surface area contributed by atoms with Gasteiger partial charge in [-0.25, -0.2) is 4.39 Å². The van der Waals surface area contributed by atoms with Gasteiger partial charge in [0.05, 0.1) is 0 Å². The van der Waals surface area contributed by atoms with Gasteiger partial charge in [-0.3, -0.25) is 9.19 Å². The molecule has 1 atom stereocenters. The van der Waals surface area contributed by atoms with Gasteiger partial charge in [-0.1, -0.05) is 0 Å². The second-order valence-corrected chi connectivity index (χ2v) is 7.16. The third kappa shape index (κ3) is 4.55. The number of anilines is 1. The minimum atomic E-state index is -2.39. The molecule has 0 aliphatic carbocycles. The zero-order valence-corrected chi connectivity index (χ0v) is 16.6. The monoisotopic (exact) mass is 399 g/mol. The number of ether oxygens (including phenoxy) is 1. The molecule has 1 unspecified atom stereocenters. The summed E-state index contributed by atoms with van der Waals surface area (Å²) in [5, 5.41) is 0. The average molecular weight is 399 g/mol. The van der Waals surface area contributed by atoms with Crippen LogP contribution in [0.15, 0.2) is 54.6 Å². The topological polar surface area (TPSA) is 65.5 Å². The van der Waals surface area contributed by atoms with Crippen LogP contribution < -0.4 is 9.04 Å². The molecule has 146 valence electrons. The van der Waals surface area contributed by atoms with Gasteiger partial charge in [0.25, 0.3) is 0 Å². The van der Waals surface area contributed by atoms with E-state index < -0.39 is 11.3 Å². The Hall–Kier alpha value is -2.77. The molecule has 28 heavy (non-hydrogen) atoms. The van der Waals surface area contributed by atoms with Gasteiger partial charge in [-0.2, -0.15) is 0 Å². The Morgan fingerprint density at radius 2 is 1.71 bits per heavy atom. The van der Waals surface area contributed by atoms with E-state index in [1.807, 2.05) is 26.0 Å². The van der Waals surface area contributed by atoms with Crippen molar-refractivity contribution in [1.29, 1.82) is 0 Å². The maximum Gasteiger partial charge on any atom is 0.135 e. The van der Waals surface area contributed by atoms with E-state index in [1.54, 1.807) is 37.3 Å². The molecule has 0 spiro atoms. The van der Waals surface area contributed by atoms with Crippen LogP contribution in [0.4, 0.5) is 10.1 Å². The Morgan fingerprint density at radius 1 is 1.07 bits per heavy atom. The normalized spacial score (nSPS) is 11.9. The van der Waals surface area contributed by atoms with Crippen molar-refractivity contribution in [2.24, 2.45) is 0 Å². The van der Waals surface area contributed by atoms with Gasteiger partial charge in [0.15, 0.2) is 0 Å². The lowest BCUT2D eigenvalue weighted by Gasteiger charge is -2.26. The van der Waals surface area contributed by atoms with Gasteiger partial charge in [0, 0.05) is 40.4 Å². The standard InChI is InChI=1S/C21H21FN2O3S/c1-4-24(28(25)26)18-7-10-21(27-19-8-5-17(22)6-9-19)20(13-18)16-11-14(2)23-15(3)12-16/h5-13H,4H2,1-3H3,(H,25,26)/p-1. The molecule has 0 radical (unpaired) electrons. The molecule has 3 aromatic rings. The molecule has 0 aliphatic rings. The summed E-state index contributed by atoms with van der Waals surface area (Å²) in [4.78, 5) is 4.39. The van der Waals surface area contributed by atoms with E-state index in [2.05, 4.69) is 4.98 Å². The van der Waals surface area contributed by atoms with E-state index in [0.29, 0.717) is 23.7 Å². The first-order valence-corrected chi connectivity index (χ1v) is 9.80. The molecule has 0 fully saturated rings. The smallest absolute Gasteiger partial charge is 0.135 e. The van der Waals surface area contributed by atoms with Crippen LogP contribution in [-0.4, -0.2) is 20.3 Å². The van der Waals surface area contributed by atoms with E-state index in [1.165, 1.54) is 16.4 Å². The Balaban J connectivity index is 2.12. The highest BCUT2D eigenvalue weighted by molar-refractivity contribution is 7.80. The number of aryl methyl sites for hydroxylation is 2. The number of hydrogen-bond acceptors (Lipinski definition) is 4. The Kier molecular flexibility index (Phi) is 6.06. The van der Waals surface area contributed by atoms with E-state index in [-0.39, 0.29) is 5.82 Å². The zero-order chi connectivity index (χ0) is 20.3. The summed E-state index contributed by atoms with van der Waals surface area (Å²) in [6, 6.07) is 14.7. The highest BCUT2D eigenvalue weighted by Crippen LogP contribution is 2.37. The summed E-state index contributed by atoms with van der Waals surface area (Å²) in [7, 11) is 0. The third-order valence-electron chi connectivity index (χ3n) is 4.15. The zero-order valence-electron chi connectivity index (χ0n) is 15.8. The molecule has 0 aliphatic heterocycles. The van der Waals surface area contributed by atoms with Crippen molar-refractivity contribution in [2.75, 3.05) is 10.8 Å². The van der Waals surface area contributed by atoms with Crippen LogP contribution in [0.25, 0.3) is 11.1 Å². The summed E-state index contributed by atoms with van der Waals surface area (Å²) in [5.41, 5.74) is 3.79. The minimum Gasteiger partial charge on any atom is -0.755 e. The largest absolute Gasteiger partial charge is 0.755 e. The van der Waals surface area contributed by atoms with E-state index in [0.717, 1.165) is 22.5 Å². The summed E-state index contributed by atoms with van der Waals surface area (Å²) in [6.07, 6.45) is 0. The molecule has 1 aromatic heterocycles.